The first kappa shape index (κ1) is 20.5. The first-order valence-electron chi connectivity index (χ1n) is 9.17. The van der Waals surface area contributed by atoms with Crippen molar-refractivity contribution in [2.24, 2.45) is 5.73 Å². The van der Waals surface area contributed by atoms with Crippen LogP contribution >= 0.6 is 0 Å². The molecule has 0 amide bonds. The molecular formula is C18H28F2N4O2. The van der Waals surface area contributed by atoms with Crippen LogP contribution in [0.1, 0.15) is 36.9 Å². The van der Waals surface area contributed by atoms with E-state index in [0.717, 1.165) is 50.2 Å². The Morgan fingerprint density at radius 3 is 2.88 bits per heavy atom. The lowest BCUT2D eigenvalue weighted by Gasteiger charge is -2.22. The Morgan fingerprint density at radius 2 is 2.15 bits per heavy atom. The quantitative estimate of drug-likeness (QED) is 0.517. The minimum atomic E-state index is -2.44. The fourth-order valence-electron chi connectivity index (χ4n) is 3.08. The van der Waals surface area contributed by atoms with Crippen LogP contribution in [0.2, 0.25) is 0 Å². The van der Waals surface area contributed by atoms with Gasteiger partial charge in [-0.05, 0) is 56.7 Å². The van der Waals surface area contributed by atoms with Gasteiger partial charge in [-0.3, -0.25) is 9.69 Å². The molecule has 146 valence electrons. The molecule has 1 aromatic rings. The van der Waals surface area contributed by atoms with Gasteiger partial charge in [0.15, 0.2) is 0 Å². The van der Waals surface area contributed by atoms with Crippen molar-refractivity contribution in [3.05, 3.63) is 23.4 Å². The van der Waals surface area contributed by atoms with Crippen LogP contribution in [0.3, 0.4) is 0 Å². The molecular weight excluding hydrogens is 342 g/mol. The number of halogens is 2. The molecule has 8 heteroatoms. The summed E-state index contributed by atoms with van der Waals surface area (Å²) in [5, 5.41) is 12.1. The lowest BCUT2D eigenvalue weighted by Crippen LogP contribution is -2.37. The largest absolute Gasteiger partial charge is 0.480 e. The zero-order valence-electron chi connectivity index (χ0n) is 15.0. The Labute approximate surface area is 152 Å². The van der Waals surface area contributed by atoms with Gasteiger partial charge in [-0.15, -0.1) is 0 Å². The molecule has 0 saturated carbocycles. The highest BCUT2D eigenvalue weighted by atomic mass is 19.3. The predicted octanol–water partition coefficient (Wildman–Crippen LogP) is 2.13. The fraction of sp³-hybridized carbons (Fsp3) is 0.667. The van der Waals surface area contributed by atoms with Crippen molar-refractivity contribution in [1.29, 1.82) is 0 Å². The van der Waals surface area contributed by atoms with Gasteiger partial charge in [0.2, 0.25) is 0 Å². The van der Waals surface area contributed by atoms with Crippen LogP contribution in [-0.4, -0.2) is 59.6 Å². The van der Waals surface area contributed by atoms with Crippen molar-refractivity contribution < 1.29 is 18.7 Å². The summed E-state index contributed by atoms with van der Waals surface area (Å²) in [7, 11) is 0. The van der Waals surface area contributed by atoms with E-state index in [4.69, 9.17) is 10.8 Å². The van der Waals surface area contributed by atoms with E-state index in [1.807, 2.05) is 6.07 Å². The molecule has 0 fully saturated rings. The molecule has 0 bridgehead atoms. The standard InChI is InChI=1S/C18H28F2N4O2/c19-16(20)12-24(11-8-15(21)18(25)26)10-2-1-5-14-7-6-13-4-3-9-22-17(13)23-14/h6-7,15-16H,1-5,8-12,21H2,(H,22,23)(H,25,26). The van der Waals surface area contributed by atoms with Crippen LogP contribution in [-0.2, 0) is 17.6 Å². The van der Waals surface area contributed by atoms with Gasteiger partial charge in [0.25, 0.3) is 6.43 Å². The second kappa shape index (κ2) is 10.4. The maximum atomic E-state index is 12.7. The minimum Gasteiger partial charge on any atom is -0.480 e. The van der Waals surface area contributed by atoms with E-state index in [1.165, 1.54) is 5.56 Å². The summed E-state index contributed by atoms with van der Waals surface area (Å²) in [5.41, 5.74) is 7.71. The summed E-state index contributed by atoms with van der Waals surface area (Å²) in [6.45, 7) is 1.36. The lowest BCUT2D eigenvalue weighted by atomic mass is 10.1. The summed E-state index contributed by atoms with van der Waals surface area (Å²) >= 11 is 0. The fourth-order valence-corrected chi connectivity index (χ4v) is 3.08. The van der Waals surface area contributed by atoms with E-state index in [9.17, 15) is 13.6 Å². The summed E-state index contributed by atoms with van der Waals surface area (Å²) in [5.74, 6) is -0.134. The van der Waals surface area contributed by atoms with Gasteiger partial charge in [-0.25, -0.2) is 13.8 Å². The summed E-state index contributed by atoms with van der Waals surface area (Å²) < 4.78 is 25.4. The van der Waals surface area contributed by atoms with E-state index >= 15 is 0 Å². The van der Waals surface area contributed by atoms with Crippen molar-refractivity contribution in [3.8, 4) is 0 Å². The van der Waals surface area contributed by atoms with Crippen LogP contribution in [0.4, 0.5) is 14.6 Å². The molecule has 0 spiro atoms. The number of carbonyl (C=O) groups is 1. The molecule has 0 saturated heterocycles. The molecule has 6 nitrogen and oxygen atoms in total. The number of anilines is 1. The van der Waals surface area contributed by atoms with Gasteiger partial charge in [-0.1, -0.05) is 6.07 Å². The van der Waals surface area contributed by atoms with Gasteiger partial charge in [-0.2, -0.15) is 0 Å². The van der Waals surface area contributed by atoms with Crippen molar-refractivity contribution in [2.75, 3.05) is 31.5 Å². The molecule has 2 rings (SSSR count). The van der Waals surface area contributed by atoms with Crippen molar-refractivity contribution in [2.45, 2.75) is 51.0 Å². The minimum absolute atomic E-state index is 0.167. The average molecular weight is 370 g/mol. The monoisotopic (exact) mass is 370 g/mol. The number of hydrogen-bond acceptors (Lipinski definition) is 5. The molecule has 2 heterocycles. The molecule has 1 aliphatic rings. The third-order valence-corrected chi connectivity index (χ3v) is 4.58. The van der Waals surface area contributed by atoms with Crippen LogP contribution in [0.15, 0.2) is 12.1 Å². The van der Waals surface area contributed by atoms with Gasteiger partial charge >= 0.3 is 5.97 Å². The van der Waals surface area contributed by atoms with Gasteiger partial charge in [0.05, 0.1) is 6.54 Å². The van der Waals surface area contributed by atoms with Crippen LogP contribution in [0, 0.1) is 0 Å². The zero-order chi connectivity index (χ0) is 18.9. The molecule has 0 aromatic carbocycles. The first-order valence-corrected chi connectivity index (χ1v) is 9.17. The van der Waals surface area contributed by atoms with E-state index in [-0.39, 0.29) is 19.5 Å². The second-order valence-corrected chi connectivity index (χ2v) is 6.72. The molecule has 26 heavy (non-hydrogen) atoms. The van der Waals surface area contributed by atoms with E-state index in [2.05, 4.69) is 16.4 Å². The summed E-state index contributed by atoms with van der Waals surface area (Å²) in [6, 6.07) is 3.14. The lowest BCUT2D eigenvalue weighted by molar-refractivity contribution is -0.138. The van der Waals surface area contributed by atoms with Gasteiger partial charge in [0, 0.05) is 18.8 Å². The number of carboxylic acid groups (broad SMARTS) is 1. The zero-order valence-corrected chi connectivity index (χ0v) is 15.0. The van der Waals surface area contributed by atoms with Crippen molar-refractivity contribution >= 4 is 11.8 Å². The summed E-state index contributed by atoms with van der Waals surface area (Å²) in [4.78, 5) is 17.0. The van der Waals surface area contributed by atoms with E-state index < -0.39 is 18.4 Å². The van der Waals surface area contributed by atoms with Crippen LogP contribution in [0.25, 0.3) is 0 Å². The average Bonchev–Trinajstić information content (AvgIpc) is 2.62. The molecule has 4 N–H and O–H groups in total. The normalized spacial score (nSPS) is 15.0. The van der Waals surface area contributed by atoms with E-state index in [0.29, 0.717) is 6.54 Å². The number of rotatable bonds is 11. The third kappa shape index (κ3) is 6.84. The maximum Gasteiger partial charge on any atom is 0.320 e. The molecule has 1 atom stereocenters. The van der Waals surface area contributed by atoms with Crippen LogP contribution in [0.5, 0.6) is 0 Å². The molecule has 0 radical (unpaired) electrons. The number of nitrogens with one attached hydrogen (secondary N) is 1. The van der Waals surface area contributed by atoms with Gasteiger partial charge < -0.3 is 16.2 Å². The number of nitrogens with zero attached hydrogens (tertiary/aromatic N) is 2. The highest BCUT2D eigenvalue weighted by Gasteiger charge is 2.16. The Morgan fingerprint density at radius 1 is 1.35 bits per heavy atom. The Balaban J connectivity index is 1.75. The van der Waals surface area contributed by atoms with Crippen molar-refractivity contribution in [1.82, 2.24) is 9.88 Å². The smallest absolute Gasteiger partial charge is 0.320 e. The third-order valence-electron chi connectivity index (χ3n) is 4.58. The Hall–Kier alpha value is -1.80. The number of fused-ring (bicyclic) bond motifs is 1. The highest BCUT2D eigenvalue weighted by molar-refractivity contribution is 5.72. The molecule has 0 aliphatic carbocycles. The maximum absolute atomic E-state index is 12.7. The SMILES string of the molecule is NC(CCN(CCCCc1ccc2c(n1)NCCC2)CC(F)F)C(=O)O. The number of pyridine rings is 1. The predicted molar refractivity (Wildman–Crippen MR) is 96.7 cm³/mol. The molecule has 1 aromatic heterocycles. The number of aromatic nitrogens is 1. The second-order valence-electron chi connectivity index (χ2n) is 6.72. The summed E-state index contributed by atoms with van der Waals surface area (Å²) in [6.07, 6.45) is 2.30. The molecule has 1 aliphatic heterocycles. The van der Waals surface area contributed by atoms with E-state index in [1.54, 1.807) is 4.90 Å². The number of alkyl halides is 2. The van der Waals surface area contributed by atoms with Crippen LogP contribution < -0.4 is 11.1 Å². The number of hydrogen-bond donors (Lipinski definition) is 3. The Kier molecular flexibility index (Phi) is 8.18. The number of carboxylic acids is 1. The number of unbranched alkanes of at least 4 members (excludes halogenated alkanes) is 1. The highest BCUT2D eigenvalue weighted by Crippen LogP contribution is 2.20. The topological polar surface area (TPSA) is 91.5 Å². The Bertz CT molecular complexity index is 586. The number of aliphatic carboxylic acids is 1. The molecule has 1 unspecified atom stereocenters. The van der Waals surface area contributed by atoms with Crippen molar-refractivity contribution in [3.63, 3.8) is 0 Å². The number of aryl methyl sites for hydroxylation is 2. The number of nitrogens with two attached hydrogens (primary N) is 1. The van der Waals surface area contributed by atoms with Gasteiger partial charge in [0.1, 0.15) is 11.9 Å². The first-order chi connectivity index (χ1) is 12.5.